The lowest BCUT2D eigenvalue weighted by Crippen LogP contribution is -2.34. The maximum atomic E-state index is 12.6. The number of carbonyl (C=O) groups is 1. The SMILES string of the molecule is C=C(C)COc1ccc(NC(=S)NC(=O)c2ccccc2OCCC(C)C)cc1. The van der Waals surface area contributed by atoms with Gasteiger partial charge < -0.3 is 14.8 Å². The molecule has 5 nitrogen and oxygen atoms in total. The number of hydrogen-bond acceptors (Lipinski definition) is 4. The van der Waals surface area contributed by atoms with E-state index in [0.717, 1.165) is 23.4 Å². The Bertz CT molecular complexity index is 847. The van der Waals surface area contributed by atoms with E-state index in [1.54, 1.807) is 18.2 Å². The molecular weight excluding hydrogens is 384 g/mol. The lowest BCUT2D eigenvalue weighted by Gasteiger charge is -2.14. The molecule has 1 amide bonds. The molecule has 29 heavy (non-hydrogen) atoms. The molecule has 0 radical (unpaired) electrons. The molecule has 0 unspecified atom stereocenters. The van der Waals surface area contributed by atoms with Crippen LogP contribution in [0.4, 0.5) is 5.69 Å². The van der Waals surface area contributed by atoms with Crippen LogP contribution in [0.1, 0.15) is 37.6 Å². The van der Waals surface area contributed by atoms with Gasteiger partial charge in [0, 0.05) is 5.69 Å². The van der Waals surface area contributed by atoms with Gasteiger partial charge in [0.15, 0.2) is 5.11 Å². The minimum absolute atomic E-state index is 0.211. The van der Waals surface area contributed by atoms with E-state index in [-0.39, 0.29) is 11.0 Å². The van der Waals surface area contributed by atoms with E-state index in [9.17, 15) is 4.79 Å². The predicted molar refractivity (Wildman–Crippen MR) is 122 cm³/mol. The van der Waals surface area contributed by atoms with Crippen molar-refractivity contribution in [2.75, 3.05) is 18.5 Å². The molecule has 0 heterocycles. The van der Waals surface area contributed by atoms with Gasteiger partial charge in [-0.25, -0.2) is 0 Å². The zero-order valence-corrected chi connectivity index (χ0v) is 18.0. The lowest BCUT2D eigenvalue weighted by molar-refractivity contribution is 0.0973. The van der Waals surface area contributed by atoms with Crippen molar-refractivity contribution in [1.82, 2.24) is 5.32 Å². The monoisotopic (exact) mass is 412 g/mol. The standard InChI is InChI=1S/C23H28N2O3S/c1-16(2)13-14-27-21-8-6-5-7-20(21)22(26)25-23(29)24-18-9-11-19(12-10-18)28-15-17(3)4/h5-12,16H,3,13-15H2,1-2,4H3,(H2,24,25,26,29). The van der Waals surface area contributed by atoms with Crippen LogP contribution in [0.15, 0.2) is 60.7 Å². The number of nitrogens with one attached hydrogen (secondary N) is 2. The Morgan fingerprint density at radius 3 is 2.45 bits per heavy atom. The first-order valence-electron chi connectivity index (χ1n) is 9.56. The minimum Gasteiger partial charge on any atom is -0.493 e. The second-order valence-electron chi connectivity index (χ2n) is 7.21. The third-order valence-corrected chi connectivity index (χ3v) is 4.11. The van der Waals surface area contributed by atoms with Crippen LogP contribution in [-0.4, -0.2) is 24.2 Å². The summed E-state index contributed by atoms with van der Waals surface area (Å²) in [5.74, 6) is 1.50. The highest BCUT2D eigenvalue weighted by atomic mass is 32.1. The molecule has 0 aliphatic carbocycles. The number of anilines is 1. The number of para-hydroxylation sites is 1. The van der Waals surface area contributed by atoms with Crippen molar-refractivity contribution >= 4 is 28.9 Å². The minimum atomic E-state index is -0.316. The van der Waals surface area contributed by atoms with Crippen LogP contribution in [0.2, 0.25) is 0 Å². The number of thiocarbonyl (C=S) groups is 1. The topological polar surface area (TPSA) is 59.6 Å². The van der Waals surface area contributed by atoms with Gasteiger partial charge >= 0.3 is 0 Å². The number of benzene rings is 2. The van der Waals surface area contributed by atoms with Gasteiger partial charge in [-0.15, -0.1) is 0 Å². The average Bonchev–Trinajstić information content (AvgIpc) is 2.67. The van der Waals surface area contributed by atoms with Crippen molar-refractivity contribution in [3.63, 3.8) is 0 Å². The molecule has 0 atom stereocenters. The molecule has 0 spiro atoms. The van der Waals surface area contributed by atoms with Crippen molar-refractivity contribution in [2.24, 2.45) is 5.92 Å². The Morgan fingerprint density at radius 1 is 1.10 bits per heavy atom. The van der Waals surface area contributed by atoms with E-state index >= 15 is 0 Å². The molecule has 0 fully saturated rings. The first kappa shape index (κ1) is 22.4. The Hall–Kier alpha value is -2.86. The smallest absolute Gasteiger partial charge is 0.261 e. The lowest BCUT2D eigenvalue weighted by atomic mass is 10.1. The van der Waals surface area contributed by atoms with Crippen LogP contribution in [0.3, 0.4) is 0 Å². The fourth-order valence-corrected chi connectivity index (χ4v) is 2.57. The molecule has 154 valence electrons. The fourth-order valence-electron chi connectivity index (χ4n) is 2.36. The summed E-state index contributed by atoms with van der Waals surface area (Å²) in [5.41, 5.74) is 2.15. The molecule has 2 N–H and O–H groups in total. The molecule has 2 rings (SSSR count). The number of rotatable bonds is 9. The molecule has 0 saturated carbocycles. The highest BCUT2D eigenvalue weighted by Crippen LogP contribution is 2.19. The van der Waals surface area contributed by atoms with Crippen molar-refractivity contribution in [2.45, 2.75) is 27.2 Å². The molecule has 0 saturated heterocycles. The second-order valence-corrected chi connectivity index (χ2v) is 7.61. The zero-order chi connectivity index (χ0) is 21.2. The molecule has 0 aromatic heterocycles. The largest absolute Gasteiger partial charge is 0.493 e. The normalized spacial score (nSPS) is 10.3. The molecule has 0 bridgehead atoms. The van der Waals surface area contributed by atoms with Crippen molar-refractivity contribution < 1.29 is 14.3 Å². The van der Waals surface area contributed by atoms with Crippen LogP contribution in [-0.2, 0) is 0 Å². The Morgan fingerprint density at radius 2 is 1.79 bits per heavy atom. The third kappa shape index (κ3) is 7.95. The van der Waals surface area contributed by atoms with Crippen LogP contribution in [0.5, 0.6) is 11.5 Å². The molecule has 2 aromatic rings. The summed E-state index contributed by atoms with van der Waals surface area (Å²) in [4.78, 5) is 12.6. The quantitative estimate of drug-likeness (QED) is 0.438. The second kappa shape index (κ2) is 11.2. The van der Waals surface area contributed by atoms with Crippen LogP contribution < -0.4 is 20.1 Å². The van der Waals surface area contributed by atoms with E-state index < -0.39 is 0 Å². The first-order chi connectivity index (χ1) is 13.8. The summed E-state index contributed by atoms with van der Waals surface area (Å²) in [7, 11) is 0. The van der Waals surface area contributed by atoms with Gasteiger partial charge in [0.25, 0.3) is 5.91 Å². The van der Waals surface area contributed by atoms with E-state index in [1.807, 2.05) is 37.3 Å². The van der Waals surface area contributed by atoms with E-state index in [1.165, 1.54) is 0 Å². The maximum Gasteiger partial charge on any atom is 0.261 e. The third-order valence-electron chi connectivity index (χ3n) is 3.91. The Labute approximate surface area is 178 Å². The summed E-state index contributed by atoms with van der Waals surface area (Å²) >= 11 is 5.27. The van der Waals surface area contributed by atoms with Gasteiger partial charge in [-0.2, -0.15) is 0 Å². The van der Waals surface area contributed by atoms with Crippen LogP contribution >= 0.6 is 12.2 Å². The first-order valence-corrected chi connectivity index (χ1v) is 9.97. The Kier molecular flexibility index (Phi) is 8.68. The van der Waals surface area contributed by atoms with E-state index in [4.69, 9.17) is 21.7 Å². The van der Waals surface area contributed by atoms with Gasteiger partial charge in [-0.1, -0.05) is 32.6 Å². The summed E-state index contributed by atoms with van der Waals surface area (Å²) in [6, 6.07) is 14.5. The summed E-state index contributed by atoms with van der Waals surface area (Å²) in [6.07, 6.45) is 0.919. The van der Waals surface area contributed by atoms with Gasteiger partial charge in [-0.05, 0) is 73.5 Å². The number of carbonyl (C=O) groups excluding carboxylic acids is 1. The molecule has 2 aromatic carbocycles. The molecule has 0 aliphatic heterocycles. The van der Waals surface area contributed by atoms with Crippen LogP contribution in [0, 0.1) is 5.92 Å². The van der Waals surface area contributed by atoms with Gasteiger partial charge in [0.05, 0.1) is 12.2 Å². The summed E-state index contributed by atoms with van der Waals surface area (Å²) in [6.45, 7) is 11.0. The van der Waals surface area contributed by atoms with Gasteiger partial charge in [-0.3, -0.25) is 10.1 Å². The highest BCUT2D eigenvalue weighted by molar-refractivity contribution is 7.80. The highest BCUT2D eigenvalue weighted by Gasteiger charge is 2.14. The summed E-state index contributed by atoms with van der Waals surface area (Å²) < 4.78 is 11.3. The number of hydrogen-bond donors (Lipinski definition) is 2. The summed E-state index contributed by atoms with van der Waals surface area (Å²) in [5, 5.41) is 5.91. The van der Waals surface area contributed by atoms with Crippen molar-refractivity contribution in [3.8, 4) is 11.5 Å². The maximum absolute atomic E-state index is 12.6. The predicted octanol–water partition coefficient (Wildman–Crippen LogP) is 5.19. The van der Waals surface area contributed by atoms with E-state index in [0.29, 0.717) is 30.4 Å². The molecule has 6 heteroatoms. The molecule has 0 aliphatic rings. The van der Waals surface area contributed by atoms with E-state index in [2.05, 4.69) is 31.1 Å². The number of ether oxygens (including phenoxy) is 2. The van der Waals surface area contributed by atoms with Crippen molar-refractivity contribution in [3.05, 3.63) is 66.2 Å². The van der Waals surface area contributed by atoms with Gasteiger partial charge in [0.2, 0.25) is 0 Å². The van der Waals surface area contributed by atoms with Crippen LogP contribution in [0.25, 0.3) is 0 Å². The Balaban J connectivity index is 1.92. The van der Waals surface area contributed by atoms with Crippen molar-refractivity contribution in [1.29, 1.82) is 0 Å². The fraction of sp³-hybridized carbons (Fsp3) is 0.304. The average molecular weight is 413 g/mol. The number of amides is 1. The zero-order valence-electron chi connectivity index (χ0n) is 17.2. The molecular formula is C23H28N2O3S. The van der Waals surface area contributed by atoms with Gasteiger partial charge in [0.1, 0.15) is 18.1 Å².